The quantitative estimate of drug-likeness (QED) is 0.747. The number of carbonyl (C=O) groups excluding carboxylic acids is 1. The van der Waals surface area contributed by atoms with E-state index in [1.807, 2.05) is 0 Å². The molecule has 0 heterocycles. The van der Waals surface area contributed by atoms with Crippen molar-refractivity contribution in [1.29, 1.82) is 0 Å². The normalized spacial score (nSPS) is 14.7. The highest BCUT2D eigenvalue weighted by Gasteiger charge is 2.23. The van der Waals surface area contributed by atoms with Gasteiger partial charge >= 0.3 is 6.61 Å². The molecule has 6 heteroatoms. The molecule has 0 unspecified atom stereocenters. The van der Waals surface area contributed by atoms with Gasteiger partial charge in [-0.25, -0.2) is 0 Å². The summed E-state index contributed by atoms with van der Waals surface area (Å²) in [6.07, 6.45) is 2.16. The van der Waals surface area contributed by atoms with Gasteiger partial charge < -0.3 is 9.47 Å². The fraction of sp³-hybridized carbons (Fsp3) is 0.417. The number of halogens is 3. The third-order valence-corrected chi connectivity index (χ3v) is 2.77. The van der Waals surface area contributed by atoms with E-state index < -0.39 is 11.9 Å². The van der Waals surface area contributed by atoms with E-state index in [2.05, 4.69) is 4.74 Å². The van der Waals surface area contributed by atoms with E-state index in [1.165, 1.54) is 18.2 Å². The Morgan fingerprint density at radius 3 is 2.72 bits per heavy atom. The van der Waals surface area contributed by atoms with Crippen LogP contribution in [0.4, 0.5) is 8.78 Å². The largest absolute Gasteiger partial charge is 0.492 e. The van der Waals surface area contributed by atoms with Crippen molar-refractivity contribution < 1.29 is 23.0 Å². The first-order chi connectivity index (χ1) is 8.56. The van der Waals surface area contributed by atoms with Gasteiger partial charge in [0.1, 0.15) is 11.5 Å². The second kappa shape index (κ2) is 5.52. The maximum absolute atomic E-state index is 12.1. The van der Waals surface area contributed by atoms with E-state index >= 15 is 0 Å². The monoisotopic (exact) mass is 276 g/mol. The van der Waals surface area contributed by atoms with Crippen molar-refractivity contribution >= 4 is 16.8 Å². The lowest BCUT2D eigenvalue weighted by Crippen LogP contribution is -2.06. The zero-order chi connectivity index (χ0) is 13.1. The SMILES string of the molecule is O=C(Cl)c1ccc(OC(F)F)cc1OCC1CC1. The van der Waals surface area contributed by atoms with Crippen molar-refractivity contribution in [3.8, 4) is 11.5 Å². The van der Waals surface area contributed by atoms with Gasteiger partial charge in [-0.05, 0) is 42.5 Å². The van der Waals surface area contributed by atoms with Crippen molar-refractivity contribution in [2.75, 3.05) is 6.61 Å². The Hall–Kier alpha value is -1.36. The van der Waals surface area contributed by atoms with Crippen LogP contribution < -0.4 is 9.47 Å². The molecule has 1 aliphatic carbocycles. The maximum Gasteiger partial charge on any atom is 0.387 e. The molecule has 0 spiro atoms. The predicted molar refractivity (Wildman–Crippen MR) is 61.5 cm³/mol. The Morgan fingerprint density at radius 2 is 2.17 bits per heavy atom. The van der Waals surface area contributed by atoms with Crippen molar-refractivity contribution in [3.05, 3.63) is 23.8 Å². The summed E-state index contributed by atoms with van der Waals surface area (Å²) in [4.78, 5) is 11.2. The van der Waals surface area contributed by atoms with Crippen LogP contribution in [-0.2, 0) is 0 Å². The van der Waals surface area contributed by atoms with Crippen LogP contribution >= 0.6 is 11.6 Å². The number of rotatable bonds is 6. The molecule has 1 aromatic rings. The Labute approximate surface area is 108 Å². The molecule has 2 rings (SSSR count). The molecule has 18 heavy (non-hydrogen) atoms. The number of hydrogen-bond donors (Lipinski definition) is 0. The summed E-state index contributed by atoms with van der Waals surface area (Å²) >= 11 is 5.39. The van der Waals surface area contributed by atoms with E-state index in [0.29, 0.717) is 12.5 Å². The summed E-state index contributed by atoms with van der Waals surface area (Å²) in [7, 11) is 0. The molecule has 1 aromatic carbocycles. The number of ether oxygens (including phenoxy) is 2. The molecule has 0 amide bonds. The minimum atomic E-state index is -2.92. The molecule has 0 atom stereocenters. The summed E-state index contributed by atoms with van der Waals surface area (Å²) in [5.41, 5.74) is 0.152. The van der Waals surface area contributed by atoms with Gasteiger partial charge in [0.15, 0.2) is 0 Å². The molecule has 98 valence electrons. The molecule has 1 fully saturated rings. The third kappa shape index (κ3) is 3.57. The van der Waals surface area contributed by atoms with E-state index in [1.54, 1.807) is 0 Å². The molecule has 0 aromatic heterocycles. The van der Waals surface area contributed by atoms with Gasteiger partial charge in [-0.15, -0.1) is 0 Å². The zero-order valence-corrected chi connectivity index (χ0v) is 10.1. The van der Waals surface area contributed by atoms with Gasteiger partial charge in [0, 0.05) is 6.07 Å². The second-order valence-corrected chi connectivity index (χ2v) is 4.41. The fourth-order valence-corrected chi connectivity index (χ4v) is 1.61. The summed E-state index contributed by atoms with van der Waals surface area (Å²) in [6.45, 7) is -2.46. The van der Waals surface area contributed by atoms with Crippen LogP contribution in [0.25, 0.3) is 0 Å². The fourth-order valence-electron chi connectivity index (χ4n) is 1.45. The van der Waals surface area contributed by atoms with Gasteiger partial charge in [-0.3, -0.25) is 4.79 Å². The number of alkyl halides is 2. The van der Waals surface area contributed by atoms with Crippen LogP contribution in [0.2, 0.25) is 0 Å². The van der Waals surface area contributed by atoms with Gasteiger partial charge in [0.25, 0.3) is 5.24 Å². The van der Waals surface area contributed by atoms with Crippen LogP contribution in [0.5, 0.6) is 11.5 Å². The minimum Gasteiger partial charge on any atom is -0.492 e. The van der Waals surface area contributed by atoms with Crippen molar-refractivity contribution in [1.82, 2.24) is 0 Å². The van der Waals surface area contributed by atoms with E-state index in [0.717, 1.165) is 12.8 Å². The predicted octanol–water partition coefficient (Wildman–Crippen LogP) is 3.46. The first-order valence-corrected chi connectivity index (χ1v) is 5.85. The van der Waals surface area contributed by atoms with Crippen molar-refractivity contribution in [2.45, 2.75) is 19.5 Å². The Bertz CT molecular complexity index is 447. The molecular weight excluding hydrogens is 266 g/mol. The maximum atomic E-state index is 12.1. The molecule has 0 aliphatic heterocycles. The topological polar surface area (TPSA) is 35.5 Å². The summed E-state index contributed by atoms with van der Waals surface area (Å²) in [5.74, 6) is 0.598. The van der Waals surface area contributed by atoms with E-state index in [-0.39, 0.29) is 17.1 Å². The standard InChI is InChI=1S/C12H11ClF2O3/c13-11(16)9-4-3-8(18-12(14)15)5-10(9)17-6-7-1-2-7/h3-5,7,12H,1-2,6H2. The molecular formula is C12H11ClF2O3. The van der Waals surface area contributed by atoms with Crippen LogP contribution in [0.1, 0.15) is 23.2 Å². The zero-order valence-electron chi connectivity index (χ0n) is 9.37. The van der Waals surface area contributed by atoms with E-state index in [9.17, 15) is 13.6 Å². The Balaban J connectivity index is 2.15. The molecule has 0 N–H and O–H groups in total. The van der Waals surface area contributed by atoms with Crippen LogP contribution in [0.15, 0.2) is 18.2 Å². The Morgan fingerprint density at radius 1 is 1.44 bits per heavy atom. The molecule has 3 nitrogen and oxygen atoms in total. The second-order valence-electron chi connectivity index (χ2n) is 4.06. The highest BCUT2D eigenvalue weighted by Crippen LogP contribution is 2.32. The summed E-state index contributed by atoms with van der Waals surface area (Å²) < 4.78 is 33.8. The first-order valence-electron chi connectivity index (χ1n) is 5.47. The number of benzene rings is 1. The molecule has 1 saturated carbocycles. The summed E-state index contributed by atoms with van der Waals surface area (Å²) in [6, 6.07) is 3.82. The highest BCUT2D eigenvalue weighted by atomic mass is 35.5. The summed E-state index contributed by atoms with van der Waals surface area (Å²) in [5, 5.41) is -0.690. The molecule has 0 bridgehead atoms. The average molecular weight is 277 g/mol. The van der Waals surface area contributed by atoms with E-state index in [4.69, 9.17) is 16.3 Å². The average Bonchev–Trinajstić information content (AvgIpc) is 3.09. The highest BCUT2D eigenvalue weighted by molar-refractivity contribution is 6.68. The Kier molecular flexibility index (Phi) is 4.01. The first kappa shape index (κ1) is 13.1. The molecule has 1 aliphatic rings. The van der Waals surface area contributed by atoms with Crippen molar-refractivity contribution in [3.63, 3.8) is 0 Å². The third-order valence-electron chi connectivity index (χ3n) is 2.56. The minimum absolute atomic E-state index is 0.0579. The smallest absolute Gasteiger partial charge is 0.387 e. The number of hydrogen-bond acceptors (Lipinski definition) is 3. The van der Waals surface area contributed by atoms with Gasteiger partial charge in [0.05, 0.1) is 12.2 Å². The van der Waals surface area contributed by atoms with Gasteiger partial charge in [-0.2, -0.15) is 8.78 Å². The lowest BCUT2D eigenvalue weighted by atomic mass is 10.2. The van der Waals surface area contributed by atoms with Gasteiger partial charge in [-0.1, -0.05) is 0 Å². The van der Waals surface area contributed by atoms with Crippen LogP contribution in [0, 0.1) is 5.92 Å². The lowest BCUT2D eigenvalue weighted by Gasteiger charge is -2.11. The molecule has 0 saturated heterocycles. The van der Waals surface area contributed by atoms with Crippen molar-refractivity contribution in [2.24, 2.45) is 5.92 Å². The lowest BCUT2D eigenvalue weighted by molar-refractivity contribution is -0.0499. The molecule has 0 radical (unpaired) electrons. The number of carbonyl (C=O) groups is 1. The van der Waals surface area contributed by atoms with Gasteiger partial charge in [0.2, 0.25) is 0 Å². The van der Waals surface area contributed by atoms with Crippen LogP contribution in [0.3, 0.4) is 0 Å². The van der Waals surface area contributed by atoms with Crippen LogP contribution in [-0.4, -0.2) is 18.5 Å².